The molecule has 0 saturated carbocycles. The summed E-state index contributed by atoms with van der Waals surface area (Å²) in [4.78, 5) is 13.6. The minimum Gasteiger partial charge on any atom is -0.493 e. The van der Waals surface area contributed by atoms with Gasteiger partial charge in [-0.3, -0.25) is 14.1 Å². The third kappa shape index (κ3) is 5.18. The van der Waals surface area contributed by atoms with Crippen molar-refractivity contribution in [1.82, 2.24) is 4.90 Å². The Balaban J connectivity index is 2.27. The van der Waals surface area contributed by atoms with Gasteiger partial charge in [0.05, 0.1) is 13.3 Å². The molecule has 140 valence electrons. The Morgan fingerprint density at radius 3 is 2.80 bits per heavy atom. The van der Waals surface area contributed by atoms with E-state index in [-0.39, 0.29) is 0 Å². The first kappa shape index (κ1) is 19.7. The summed E-state index contributed by atoms with van der Waals surface area (Å²) in [6.45, 7) is 7.64. The molecule has 1 aliphatic heterocycles. The van der Waals surface area contributed by atoms with Crippen LogP contribution in [0.25, 0.3) is 0 Å². The van der Waals surface area contributed by atoms with Crippen LogP contribution in [0.3, 0.4) is 0 Å². The van der Waals surface area contributed by atoms with Gasteiger partial charge in [-0.05, 0) is 49.4 Å². The van der Waals surface area contributed by atoms with E-state index in [1.165, 1.54) is 11.1 Å². The van der Waals surface area contributed by atoms with Crippen molar-refractivity contribution >= 4 is 5.97 Å². The van der Waals surface area contributed by atoms with Crippen LogP contribution in [-0.2, 0) is 11.3 Å². The molecule has 0 aromatic heterocycles. The second-order valence-corrected chi connectivity index (χ2v) is 7.18. The molecule has 4 nitrogen and oxygen atoms in total. The predicted molar refractivity (Wildman–Crippen MR) is 97.0 cm³/mol. The first-order valence-corrected chi connectivity index (χ1v) is 9.23. The molecular formula is C20H30FNO3. The number of rotatable bonds is 8. The van der Waals surface area contributed by atoms with Crippen LogP contribution in [0.2, 0.25) is 0 Å². The Morgan fingerprint density at radius 1 is 1.40 bits per heavy atom. The van der Waals surface area contributed by atoms with Crippen molar-refractivity contribution in [3.63, 3.8) is 0 Å². The number of alkyl halides is 1. The molecule has 2 rings (SSSR count). The molecule has 1 fully saturated rings. The number of aliphatic carboxylic acids is 1. The van der Waals surface area contributed by atoms with Crippen molar-refractivity contribution in [3.05, 3.63) is 28.8 Å². The van der Waals surface area contributed by atoms with E-state index in [4.69, 9.17) is 4.74 Å². The zero-order valence-electron chi connectivity index (χ0n) is 15.6. The number of aryl methyl sites for hydroxylation is 1. The molecule has 1 N–H and O–H groups in total. The summed E-state index contributed by atoms with van der Waals surface area (Å²) in [5.74, 6) is 0.381. The molecule has 0 bridgehead atoms. The molecule has 0 unspecified atom stereocenters. The molecule has 1 aromatic rings. The fraction of sp³-hybridized carbons (Fsp3) is 0.650. The zero-order chi connectivity index (χ0) is 18.4. The molecule has 1 heterocycles. The van der Waals surface area contributed by atoms with E-state index in [9.17, 15) is 14.3 Å². The SMILES string of the molecule is Cc1cc(CN2CCCC[C@H]2C(=O)O)c(OCCCF)cc1C(C)C. The number of carboxylic acid groups (broad SMARTS) is 1. The zero-order valence-corrected chi connectivity index (χ0v) is 15.6. The maximum absolute atomic E-state index is 12.4. The smallest absolute Gasteiger partial charge is 0.320 e. The lowest BCUT2D eigenvalue weighted by Gasteiger charge is -2.33. The number of piperidine rings is 1. The number of benzene rings is 1. The highest BCUT2D eigenvalue weighted by Crippen LogP contribution is 2.31. The second kappa shape index (κ2) is 9.18. The number of nitrogens with zero attached hydrogens (tertiary/aromatic N) is 1. The van der Waals surface area contributed by atoms with Crippen LogP contribution >= 0.6 is 0 Å². The number of carbonyl (C=O) groups is 1. The normalized spacial score (nSPS) is 18.5. The second-order valence-electron chi connectivity index (χ2n) is 7.18. The number of hydrogen-bond donors (Lipinski definition) is 1. The van der Waals surface area contributed by atoms with Gasteiger partial charge in [0.2, 0.25) is 0 Å². The Kier molecular flexibility index (Phi) is 7.24. The molecular weight excluding hydrogens is 321 g/mol. The summed E-state index contributed by atoms with van der Waals surface area (Å²) >= 11 is 0. The van der Waals surface area contributed by atoms with Crippen molar-refractivity contribution in [1.29, 1.82) is 0 Å². The van der Waals surface area contributed by atoms with Crippen molar-refractivity contribution in [2.75, 3.05) is 19.8 Å². The highest BCUT2D eigenvalue weighted by atomic mass is 19.1. The molecule has 0 amide bonds. The maximum atomic E-state index is 12.4. The van der Waals surface area contributed by atoms with E-state index in [1.807, 2.05) is 11.0 Å². The van der Waals surface area contributed by atoms with Crippen LogP contribution < -0.4 is 4.74 Å². The Bertz CT molecular complexity index is 589. The summed E-state index contributed by atoms with van der Waals surface area (Å²) in [7, 11) is 0. The highest BCUT2D eigenvalue weighted by molar-refractivity contribution is 5.73. The van der Waals surface area contributed by atoms with Gasteiger partial charge in [-0.2, -0.15) is 0 Å². The van der Waals surface area contributed by atoms with Gasteiger partial charge in [0, 0.05) is 18.5 Å². The van der Waals surface area contributed by atoms with E-state index in [0.29, 0.717) is 31.9 Å². The van der Waals surface area contributed by atoms with Crippen LogP contribution in [0.5, 0.6) is 5.75 Å². The van der Waals surface area contributed by atoms with Crippen LogP contribution in [-0.4, -0.2) is 41.8 Å². The van der Waals surface area contributed by atoms with E-state index in [0.717, 1.165) is 30.7 Å². The van der Waals surface area contributed by atoms with Gasteiger partial charge < -0.3 is 9.84 Å². The van der Waals surface area contributed by atoms with Gasteiger partial charge in [0.25, 0.3) is 0 Å². The number of halogens is 1. The number of ether oxygens (including phenoxy) is 1. The lowest BCUT2D eigenvalue weighted by molar-refractivity contribution is -0.144. The molecule has 1 saturated heterocycles. The van der Waals surface area contributed by atoms with Gasteiger partial charge in [0.15, 0.2) is 0 Å². The molecule has 1 atom stereocenters. The number of likely N-dealkylation sites (tertiary alicyclic amines) is 1. The summed E-state index contributed by atoms with van der Waals surface area (Å²) in [6.07, 6.45) is 3.03. The largest absolute Gasteiger partial charge is 0.493 e. The fourth-order valence-electron chi connectivity index (χ4n) is 3.56. The number of carboxylic acids is 1. The van der Waals surface area contributed by atoms with Gasteiger partial charge in [-0.15, -0.1) is 0 Å². The average Bonchev–Trinajstić information content (AvgIpc) is 2.56. The summed E-state index contributed by atoms with van der Waals surface area (Å²) < 4.78 is 18.3. The molecule has 0 radical (unpaired) electrons. The van der Waals surface area contributed by atoms with Gasteiger partial charge >= 0.3 is 5.97 Å². The van der Waals surface area contributed by atoms with Crippen LogP contribution in [0, 0.1) is 6.92 Å². The Morgan fingerprint density at radius 2 is 2.16 bits per heavy atom. The lowest BCUT2D eigenvalue weighted by atomic mass is 9.94. The minimum absolute atomic E-state index is 0.340. The topological polar surface area (TPSA) is 49.8 Å². The van der Waals surface area contributed by atoms with E-state index in [2.05, 4.69) is 26.8 Å². The van der Waals surface area contributed by atoms with E-state index < -0.39 is 18.7 Å². The van der Waals surface area contributed by atoms with Crippen molar-refractivity contribution in [2.24, 2.45) is 0 Å². The van der Waals surface area contributed by atoms with Gasteiger partial charge in [-0.25, -0.2) is 0 Å². The van der Waals surface area contributed by atoms with Gasteiger partial charge in [-0.1, -0.05) is 26.3 Å². The summed E-state index contributed by atoms with van der Waals surface area (Å²) in [5.41, 5.74) is 3.40. The monoisotopic (exact) mass is 351 g/mol. The molecule has 0 aliphatic carbocycles. The van der Waals surface area contributed by atoms with Crippen LogP contribution in [0.15, 0.2) is 12.1 Å². The molecule has 1 aromatic carbocycles. The highest BCUT2D eigenvalue weighted by Gasteiger charge is 2.29. The van der Waals surface area contributed by atoms with Crippen LogP contribution in [0.4, 0.5) is 4.39 Å². The summed E-state index contributed by atoms with van der Waals surface area (Å²) in [5, 5.41) is 9.49. The van der Waals surface area contributed by atoms with Crippen molar-refractivity contribution in [2.45, 2.75) is 65.0 Å². The molecule has 1 aliphatic rings. The average molecular weight is 351 g/mol. The third-order valence-corrected chi connectivity index (χ3v) is 4.88. The molecule has 25 heavy (non-hydrogen) atoms. The predicted octanol–water partition coefficient (Wildman–Crippen LogP) is 4.30. The van der Waals surface area contributed by atoms with Gasteiger partial charge in [0.1, 0.15) is 11.8 Å². The number of hydrogen-bond acceptors (Lipinski definition) is 3. The first-order valence-electron chi connectivity index (χ1n) is 9.23. The Labute approximate surface area is 150 Å². The standard InChI is InChI=1S/C20H30FNO3/c1-14(2)17-12-19(25-10-6-8-21)16(11-15(17)3)13-22-9-5-4-7-18(22)20(23)24/h11-12,14,18H,4-10,13H2,1-3H3,(H,23,24)/t18-/m0/s1. The maximum Gasteiger partial charge on any atom is 0.320 e. The quantitative estimate of drug-likeness (QED) is 0.710. The van der Waals surface area contributed by atoms with Crippen LogP contribution in [0.1, 0.15) is 62.1 Å². The third-order valence-electron chi connectivity index (χ3n) is 4.88. The van der Waals surface area contributed by atoms with Crippen molar-refractivity contribution in [3.8, 4) is 5.75 Å². The summed E-state index contributed by atoms with van der Waals surface area (Å²) in [6, 6.07) is 3.72. The molecule has 5 heteroatoms. The first-order chi connectivity index (χ1) is 11.9. The Hall–Kier alpha value is -1.62. The van der Waals surface area contributed by atoms with Crippen molar-refractivity contribution < 1.29 is 19.0 Å². The minimum atomic E-state index is -0.755. The molecule has 0 spiro atoms. The van der Waals surface area contributed by atoms with E-state index >= 15 is 0 Å². The van der Waals surface area contributed by atoms with E-state index in [1.54, 1.807) is 0 Å². The fourth-order valence-corrected chi connectivity index (χ4v) is 3.56. The lowest BCUT2D eigenvalue weighted by Crippen LogP contribution is -2.44.